The van der Waals surface area contributed by atoms with Crippen molar-refractivity contribution in [2.24, 2.45) is 11.7 Å². The first-order chi connectivity index (χ1) is 9.24. The summed E-state index contributed by atoms with van der Waals surface area (Å²) in [6.45, 7) is 3.97. The fourth-order valence-corrected chi connectivity index (χ4v) is 2.45. The number of nitrogens with one attached hydrogen (secondary N) is 2. The van der Waals surface area contributed by atoms with Crippen molar-refractivity contribution in [3.05, 3.63) is 6.20 Å². The first-order valence-electron chi connectivity index (χ1n) is 6.53. The summed E-state index contributed by atoms with van der Waals surface area (Å²) in [7, 11) is 0. The predicted molar refractivity (Wildman–Crippen MR) is 70.3 cm³/mol. The molecule has 1 aliphatic rings. The number of aromatic nitrogens is 6. The molecule has 8 nitrogen and oxygen atoms in total. The second kappa shape index (κ2) is 4.96. The smallest absolute Gasteiger partial charge is 0.245 e. The molecule has 1 fully saturated rings. The lowest BCUT2D eigenvalue weighted by Crippen LogP contribution is -2.40. The number of hydrogen-bond acceptors (Lipinski definition) is 6. The molecule has 8 heteroatoms. The van der Waals surface area contributed by atoms with Crippen LogP contribution in [0.5, 0.6) is 0 Å². The predicted octanol–water partition coefficient (Wildman–Crippen LogP) is 0.153. The van der Waals surface area contributed by atoms with Crippen molar-refractivity contribution in [3.8, 4) is 11.5 Å². The van der Waals surface area contributed by atoms with Crippen LogP contribution in [0.4, 0.5) is 5.95 Å². The fourth-order valence-electron chi connectivity index (χ4n) is 2.45. The Kier molecular flexibility index (Phi) is 3.16. The van der Waals surface area contributed by atoms with E-state index in [1.807, 2.05) is 0 Å². The average Bonchev–Trinajstić information content (AvgIpc) is 3.10. The highest BCUT2D eigenvalue weighted by atomic mass is 15.4. The Bertz CT molecular complexity index is 509. The van der Waals surface area contributed by atoms with Gasteiger partial charge in [-0.25, -0.2) is 0 Å². The molecule has 1 aliphatic heterocycles. The van der Waals surface area contributed by atoms with Crippen LogP contribution in [0.2, 0.25) is 0 Å². The van der Waals surface area contributed by atoms with Gasteiger partial charge in [-0.3, -0.25) is 5.10 Å². The molecule has 3 heterocycles. The Morgan fingerprint density at radius 2 is 2.16 bits per heavy atom. The van der Waals surface area contributed by atoms with Crippen LogP contribution in [0.25, 0.3) is 11.5 Å². The first kappa shape index (κ1) is 12.1. The van der Waals surface area contributed by atoms with E-state index in [0.29, 0.717) is 17.4 Å². The summed E-state index contributed by atoms with van der Waals surface area (Å²) in [5, 5.41) is 17.4. The summed E-state index contributed by atoms with van der Waals surface area (Å²) in [5.41, 5.74) is 6.62. The van der Waals surface area contributed by atoms with Gasteiger partial charge in [-0.05, 0) is 25.7 Å². The van der Waals surface area contributed by atoms with Crippen molar-refractivity contribution in [1.82, 2.24) is 30.6 Å². The Balaban J connectivity index is 1.68. The molecule has 3 rings (SSSR count). The van der Waals surface area contributed by atoms with Crippen LogP contribution in [-0.2, 0) is 0 Å². The zero-order valence-electron chi connectivity index (χ0n) is 10.9. The molecule has 0 saturated carbocycles. The minimum atomic E-state index is 0.264. The Morgan fingerprint density at radius 1 is 1.37 bits per heavy atom. The molecule has 2 aromatic heterocycles. The molecule has 102 valence electrons. The maximum atomic E-state index is 5.94. The highest BCUT2D eigenvalue weighted by Gasteiger charge is 2.24. The van der Waals surface area contributed by atoms with Crippen LogP contribution < -0.4 is 10.6 Å². The number of hydrogen-bond donors (Lipinski definition) is 3. The normalized spacial score (nSPS) is 18.7. The van der Waals surface area contributed by atoms with Crippen LogP contribution in [-0.4, -0.2) is 49.7 Å². The molecule has 1 unspecified atom stereocenters. The molecule has 0 radical (unpaired) electrons. The molecule has 0 bridgehead atoms. The molecular formula is C11H18N8. The quantitative estimate of drug-likeness (QED) is 0.726. The average molecular weight is 262 g/mol. The van der Waals surface area contributed by atoms with E-state index in [4.69, 9.17) is 5.73 Å². The molecule has 1 saturated heterocycles. The van der Waals surface area contributed by atoms with Gasteiger partial charge in [-0.15, -0.1) is 5.10 Å². The van der Waals surface area contributed by atoms with Crippen molar-refractivity contribution in [2.45, 2.75) is 25.8 Å². The van der Waals surface area contributed by atoms with Crippen LogP contribution in [0, 0.1) is 5.92 Å². The summed E-state index contributed by atoms with van der Waals surface area (Å²) >= 11 is 0. The second-order valence-electron chi connectivity index (χ2n) is 5.02. The lowest BCUT2D eigenvalue weighted by molar-refractivity contribution is 0.352. The van der Waals surface area contributed by atoms with Gasteiger partial charge in [0.15, 0.2) is 5.82 Å². The van der Waals surface area contributed by atoms with Crippen molar-refractivity contribution in [2.75, 3.05) is 18.0 Å². The lowest BCUT2D eigenvalue weighted by Gasteiger charge is -2.32. The molecule has 0 spiro atoms. The van der Waals surface area contributed by atoms with Gasteiger partial charge in [0.2, 0.25) is 5.95 Å². The third-order valence-corrected chi connectivity index (χ3v) is 3.70. The number of nitrogens with zero attached hydrogens (tertiary/aromatic N) is 5. The van der Waals surface area contributed by atoms with Crippen molar-refractivity contribution in [3.63, 3.8) is 0 Å². The Morgan fingerprint density at radius 3 is 2.79 bits per heavy atom. The summed E-state index contributed by atoms with van der Waals surface area (Å²) in [6, 6.07) is 0.264. The number of rotatable bonds is 3. The summed E-state index contributed by atoms with van der Waals surface area (Å²) in [5.74, 6) is 1.96. The van der Waals surface area contributed by atoms with E-state index >= 15 is 0 Å². The number of aromatic amines is 2. The van der Waals surface area contributed by atoms with Gasteiger partial charge in [0.1, 0.15) is 5.69 Å². The van der Waals surface area contributed by atoms with Gasteiger partial charge >= 0.3 is 0 Å². The molecule has 0 aliphatic carbocycles. The molecular weight excluding hydrogens is 244 g/mol. The van der Waals surface area contributed by atoms with E-state index in [9.17, 15) is 0 Å². The molecule has 0 amide bonds. The monoisotopic (exact) mass is 262 g/mol. The zero-order chi connectivity index (χ0) is 13.2. The summed E-state index contributed by atoms with van der Waals surface area (Å²) < 4.78 is 0. The van der Waals surface area contributed by atoms with Gasteiger partial charge in [0.05, 0.1) is 6.20 Å². The number of H-pyrrole nitrogens is 2. The zero-order valence-corrected chi connectivity index (χ0v) is 10.9. The van der Waals surface area contributed by atoms with E-state index in [-0.39, 0.29) is 6.04 Å². The SMILES string of the molecule is CC(N)C1CCN(c2n[nH]c(-c3cn[nH]n3)n2)CC1. The highest BCUT2D eigenvalue weighted by molar-refractivity contribution is 5.49. The maximum Gasteiger partial charge on any atom is 0.245 e. The molecule has 1 atom stereocenters. The van der Waals surface area contributed by atoms with Crippen molar-refractivity contribution >= 4 is 5.95 Å². The standard InChI is InChI=1S/C11H18N8/c1-7(12)8-2-4-19(5-3-8)11-14-10(16-17-11)9-6-13-18-15-9/h6-8H,2-5,12H2,1H3,(H,13,15,18)(H,14,16,17). The van der Waals surface area contributed by atoms with E-state index in [1.54, 1.807) is 6.20 Å². The van der Waals surface area contributed by atoms with Crippen LogP contribution in [0.1, 0.15) is 19.8 Å². The van der Waals surface area contributed by atoms with Crippen molar-refractivity contribution < 1.29 is 0 Å². The number of anilines is 1. The third-order valence-electron chi connectivity index (χ3n) is 3.70. The van der Waals surface area contributed by atoms with Crippen molar-refractivity contribution in [1.29, 1.82) is 0 Å². The van der Waals surface area contributed by atoms with Crippen LogP contribution in [0.3, 0.4) is 0 Å². The van der Waals surface area contributed by atoms with Gasteiger partial charge < -0.3 is 10.6 Å². The second-order valence-corrected chi connectivity index (χ2v) is 5.02. The summed E-state index contributed by atoms with van der Waals surface area (Å²) in [6.07, 6.45) is 3.80. The topological polar surface area (TPSA) is 112 Å². The van der Waals surface area contributed by atoms with E-state index in [0.717, 1.165) is 31.9 Å². The molecule has 19 heavy (non-hydrogen) atoms. The minimum absolute atomic E-state index is 0.264. The van der Waals surface area contributed by atoms with Crippen LogP contribution in [0.15, 0.2) is 6.20 Å². The molecule has 4 N–H and O–H groups in total. The van der Waals surface area contributed by atoms with Gasteiger partial charge in [0, 0.05) is 19.1 Å². The fraction of sp³-hybridized carbons (Fsp3) is 0.636. The highest BCUT2D eigenvalue weighted by Crippen LogP contribution is 2.23. The largest absolute Gasteiger partial charge is 0.340 e. The maximum absolute atomic E-state index is 5.94. The van der Waals surface area contributed by atoms with E-state index in [1.165, 1.54) is 0 Å². The molecule has 0 aromatic carbocycles. The van der Waals surface area contributed by atoms with Gasteiger partial charge in [-0.1, -0.05) is 0 Å². The Labute approximate surface area is 110 Å². The van der Waals surface area contributed by atoms with Gasteiger partial charge in [0.25, 0.3) is 0 Å². The lowest BCUT2D eigenvalue weighted by atomic mass is 9.91. The molecule has 2 aromatic rings. The first-order valence-corrected chi connectivity index (χ1v) is 6.53. The third kappa shape index (κ3) is 2.43. The van der Waals surface area contributed by atoms with Crippen LogP contribution >= 0.6 is 0 Å². The summed E-state index contributed by atoms with van der Waals surface area (Å²) in [4.78, 5) is 6.63. The Hall–Kier alpha value is -1.96. The van der Waals surface area contributed by atoms with Gasteiger partial charge in [-0.2, -0.15) is 20.4 Å². The number of nitrogens with two attached hydrogens (primary N) is 1. The minimum Gasteiger partial charge on any atom is -0.340 e. The van der Waals surface area contributed by atoms with E-state index < -0.39 is 0 Å². The number of piperidine rings is 1. The van der Waals surface area contributed by atoms with E-state index in [2.05, 4.69) is 42.4 Å².